The molecule has 0 amide bonds. The molecule has 0 bridgehead atoms. The predicted octanol–water partition coefficient (Wildman–Crippen LogP) is 2.69. The van der Waals surface area contributed by atoms with E-state index < -0.39 is 0 Å². The van der Waals surface area contributed by atoms with Crippen LogP contribution in [0.2, 0.25) is 5.02 Å². The Kier molecular flexibility index (Phi) is 6.09. The molecule has 5 heteroatoms. The molecule has 18 heavy (non-hydrogen) atoms. The quantitative estimate of drug-likeness (QED) is 0.811. The molecule has 0 aliphatic rings. The third-order valence-electron chi connectivity index (χ3n) is 2.55. The Bertz CT molecular complexity index is 392. The van der Waals surface area contributed by atoms with Gasteiger partial charge in [0.15, 0.2) is 0 Å². The van der Waals surface area contributed by atoms with Crippen molar-refractivity contribution in [2.75, 3.05) is 6.61 Å². The van der Waals surface area contributed by atoms with Gasteiger partial charge in [-0.2, -0.15) is 0 Å². The Hall–Kier alpha value is -1.13. The zero-order chi connectivity index (χ0) is 13.5. The van der Waals surface area contributed by atoms with E-state index in [9.17, 15) is 9.18 Å². The summed E-state index contributed by atoms with van der Waals surface area (Å²) in [4.78, 5) is 11.2. The molecule has 0 aliphatic heterocycles. The summed E-state index contributed by atoms with van der Waals surface area (Å²) in [6, 6.07) is 4.20. The second-order valence-corrected chi connectivity index (χ2v) is 4.42. The third-order valence-corrected chi connectivity index (χ3v) is 2.91. The Labute approximate surface area is 111 Å². The SMILES string of the molecule is CCOC(=O)CCC(N)Cc1c(F)cccc1Cl. The van der Waals surface area contributed by atoms with Crippen LogP contribution >= 0.6 is 11.6 Å². The number of benzene rings is 1. The number of hydrogen-bond donors (Lipinski definition) is 1. The molecule has 100 valence electrons. The minimum absolute atomic E-state index is 0.237. The Morgan fingerprint density at radius 2 is 2.28 bits per heavy atom. The maximum Gasteiger partial charge on any atom is 0.305 e. The van der Waals surface area contributed by atoms with Crippen LogP contribution in [0.15, 0.2) is 18.2 Å². The number of esters is 1. The first kappa shape index (κ1) is 14.9. The van der Waals surface area contributed by atoms with Gasteiger partial charge in [0.2, 0.25) is 0 Å². The van der Waals surface area contributed by atoms with E-state index in [0.717, 1.165) is 0 Å². The number of rotatable bonds is 6. The fourth-order valence-corrected chi connectivity index (χ4v) is 1.87. The standard InChI is InChI=1S/C13H17ClFNO2/c1-2-18-13(17)7-6-9(16)8-10-11(14)4-3-5-12(10)15/h3-5,9H,2,6-8,16H2,1H3. The maximum atomic E-state index is 13.5. The summed E-state index contributed by atoms with van der Waals surface area (Å²) >= 11 is 5.90. The average Bonchev–Trinajstić information content (AvgIpc) is 2.32. The van der Waals surface area contributed by atoms with Gasteiger partial charge >= 0.3 is 5.97 Å². The molecule has 1 atom stereocenters. The molecule has 1 unspecified atom stereocenters. The summed E-state index contributed by atoms with van der Waals surface area (Å²) in [5, 5.41) is 0.363. The molecule has 1 aromatic rings. The van der Waals surface area contributed by atoms with E-state index in [0.29, 0.717) is 30.0 Å². The zero-order valence-corrected chi connectivity index (χ0v) is 11.0. The van der Waals surface area contributed by atoms with Gasteiger partial charge in [-0.05, 0) is 31.9 Å². The van der Waals surface area contributed by atoms with Crippen molar-refractivity contribution in [2.45, 2.75) is 32.2 Å². The van der Waals surface area contributed by atoms with Gasteiger partial charge in [-0.3, -0.25) is 4.79 Å². The van der Waals surface area contributed by atoms with Crippen LogP contribution in [0.25, 0.3) is 0 Å². The third kappa shape index (κ3) is 4.63. The highest BCUT2D eigenvalue weighted by Crippen LogP contribution is 2.21. The van der Waals surface area contributed by atoms with Crippen LogP contribution < -0.4 is 5.73 Å². The number of halogens is 2. The zero-order valence-electron chi connectivity index (χ0n) is 10.3. The fraction of sp³-hybridized carbons (Fsp3) is 0.462. The largest absolute Gasteiger partial charge is 0.466 e. The lowest BCUT2D eigenvalue weighted by molar-refractivity contribution is -0.143. The summed E-state index contributed by atoms with van der Waals surface area (Å²) in [6.07, 6.45) is 0.996. The highest BCUT2D eigenvalue weighted by Gasteiger charge is 2.13. The minimum atomic E-state index is -0.367. The van der Waals surface area contributed by atoms with Crippen LogP contribution in [0.1, 0.15) is 25.3 Å². The van der Waals surface area contributed by atoms with Crippen molar-refractivity contribution in [3.8, 4) is 0 Å². The number of carbonyl (C=O) groups excluding carboxylic acids is 1. The van der Waals surface area contributed by atoms with E-state index in [1.54, 1.807) is 19.1 Å². The van der Waals surface area contributed by atoms with E-state index >= 15 is 0 Å². The molecule has 0 saturated heterocycles. The lowest BCUT2D eigenvalue weighted by atomic mass is 10.0. The Morgan fingerprint density at radius 3 is 2.89 bits per heavy atom. The Morgan fingerprint density at radius 1 is 1.56 bits per heavy atom. The second kappa shape index (κ2) is 7.34. The molecule has 0 aliphatic carbocycles. The van der Waals surface area contributed by atoms with Gasteiger partial charge in [-0.1, -0.05) is 17.7 Å². The first-order valence-electron chi connectivity index (χ1n) is 5.88. The van der Waals surface area contributed by atoms with Crippen molar-refractivity contribution in [1.29, 1.82) is 0 Å². The van der Waals surface area contributed by atoms with Crippen molar-refractivity contribution in [3.63, 3.8) is 0 Å². The molecule has 0 saturated carbocycles. The van der Waals surface area contributed by atoms with Gasteiger partial charge in [-0.25, -0.2) is 4.39 Å². The van der Waals surface area contributed by atoms with Gasteiger partial charge in [0, 0.05) is 23.0 Å². The lowest BCUT2D eigenvalue weighted by Gasteiger charge is -2.13. The van der Waals surface area contributed by atoms with Crippen molar-refractivity contribution in [3.05, 3.63) is 34.6 Å². The van der Waals surface area contributed by atoms with Gasteiger partial charge in [0.05, 0.1) is 6.61 Å². The first-order valence-corrected chi connectivity index (χ1v) is 6.26. The van der Waals surface area contributed by atoms with Crippen LogP contribution in [0.5, 0.6) is 0 Å². The number of nitrogens with two attached hydrogens (primary N) is 1. The molecular formula is C13H17ClFNO2. The molecular weight excluding hydrogens is 257 g/mol. The van der Waals surface area contributed by atoms with E-state index in [4.69, 9.17) is 22.1 Å². The molecule has 0 spiro atoms. The van der Waals surface area contributed by atoms with Crippen LogP contribution in [-0.2, 0) is 16.0 Å². The first-order chi connectivity index (χ1) is 8.54. The molecule has 1 rings (SSSR count). The smallest absolute Gasteiger partial charge is 0.305 e. The lowest BCUT2D eigenvalue weighted by Crippen LogP contribution is -2.25. The molecule has 0 radical (unpaired) electrons. The summed E-state index contributed by atoms with van der Waals surface area (Å²) in [5.41, 5.74) is 6.25. The highest BCUT2D eigenvalue weighted by atomic mass is 35.5. The molecule has 0 aromatic heterocycles. The summed E-state index contributed by atoms with van der Waals surface area (Å²) < 4.78 is 18.3. The monoisotopic (exact) mass is 273 g/mol. The predicted molar refractivity (Wildman–Crippen MR) is 69.0 cm³/mol. The second-order valence-electron chi connectivity index (χ2n) is 4.01. The minimum Gasteiger partial charge on any atom is -0.466 e. The normalized spacial score (nSPS) is 12.2. The van der Waals surface area contributed by atoms with Crippen molar-refractivity contribution in [1.82, 2.24) is 0 Å². The van der Waals surface area contributed by atoms with Crippen LogP contribution in [-0.4, -0.2) is 18.6 Å². The van der Waals surface area contributed by atoms with Gasteiger partial charge in [0.1, 0.15) is 5.82 Å². The fourth-order valence-electron chi connectivity index (χ4n) is 1.63. The molecule has 0 fully saturated rings. The van der Waals surface area contributed by atoms with Crippen molar-refractivity contribution >= 4 is 17.6 Å². The summed E-state index contributed by atoms with van der Waals surface area (Å²) in [7, 11) is 0. The Balaban J connectivity index is 2.49. The maximum absolute atomic E-state index is 13.5. The van der Waals surface area contributed by atoms with Crippen molar-refractivity contribution < 1.29 is 13.9 Å². The van der Waals surface area contributed by atoms with Gasteiger partial charge in [0.25, 0.3) is 0 Å². The highest BCUT2D eigenvalue weighted by molar-refractivity contribution is 6.31. The summed E-state index contributed by atoms with van der Waals surface area (Å²) in [6.45, 7) is 2.10. The summed E-state index contributed by atoms with van der Waals surface area (Å²) in [5.74, 6) is -0.651. The molecule has 3 nitrogen and oxygen atoms in total. The average molecular weight is 274 g/mol. The van der Waals surface area contributed by atoms with E-state index in [1.807, 2.05) is 0 Å². The number of carbonyl (C=O) groups is 1. The van der Waals surface area contributed by atoms with Crippen molar-refractivity contribution in [2.24, 2.45) is 5.73 Å². The van der Waals surface area contributed by atoms with E-state index in [2.05, 4.69) is 0 Å². The van der Waals surface area contributed by atoms with E-state index in [-0.39, 0.29) is 24.2 Å². The van der Waals surface area contributed by atoms with Crippen LogP contribution in [0.4, 0.5) is 4.39 Å². The van der Waals surface area contributed by atoms with Gasteiger partial charge < -0.3 is 10.5 Å². The molecule has 1 aromatic carbocycles. The number of ether oxygens (including phenoxy) is 1. The molecule has 0 heterocycles. The number of hydrogen-bond acceptors (Lipinski definition) is 3. The van der Waals surface area contributed by atoms with E-state index in [1.165, 1.54) is 6.07 Å². The topological polar surface area (TPSA) is 52.3 Å². The molecule has 2 N–H and O–H groups in total. The van der Waals surface area contributed by atoms with Gasteiger partial charge in [-0.15, -0.1) is 0 Å². The van der Waals surface area contributed by atoms with Crippen LogP contribution in [0.3, 0.4) is 0 Å². The van der Waals surface area contributed by atoms with Crippen LogP contribution in [0, 0.1) is 5.82 Å².